The van der Waals surface area contributed by atoms with Crippen molar-refractivity contribution in [3.63, 3.8) is 0 Å². The molecule has 1 aromatic carbocycles. The van der Waals surface area contributed by atoms with Gasteiger partial charge in [-0.2, -0.15) is 0 Å². The summed E-state index contributed by atoms with van der Waals surface area (Å²) in [5, 5.41) is 2.79. The fourth-order valence-corrected chi connectivity index (χ4v) is 2.69. The topological polar surface area (TPSA) is 78.5 Å². The lowest BCUT2D eigenvalue weighted by Crippen LogP contribution is -2.47. The fraction of sp³-hybridized carbons (Fsp3) is 0.308. The minimum atomic E-state index is -0.595. The van der Waals surface area contributed by atoms with E-state index >= 15 is 0 Å². The number of nitrogens with zero attached hydrogens (tertiary/aromatic N) is 1. The number of thioether (sulfide) groups is 1. The van der Waals surface area contributed by atoms with Crippen LogP contribution in [-0.2, 0) is 9.59 Å². The molecule has 0 radical (unpaired) electrons. The minimum absolute atomic E-state index is 0.142. The second-order valence-electron chi connectivity index (χ2n) is 4.24. The lowest BCUT2D eigenvalue weighted by molar-refractivity contribution is -0.124. The first kappa shape index (κ1) is 14.4. The monoisotopic (exact) mass is 293 g/mol. The van der Waals surface area contributed by atoms with Gasteiger partial charge in [-0.15, -0.1) is 11.8 Å². The molecule has 1 aromatic rings. The third kappa shape index (κ3) is 3.51. The number of hydrogen-bond donors (Lipinski definition) is 2. The van der Waals surface area contributed by atoms with E-state index in [0.29, 0.717) is 6.42 Å². The van der Waals surface area contributed by atoms with Crippen LogP contribution in [0.3, 0.4) is 0 Å². The molecule has 1 heterocycles. The van der Waals surface area contributed by atoms with Gasteiger partial charge >= 0.3 is 6.03 Å². The van der Waals surface area contributed by atoms with E-state index in [0.717, 1.165) is 9.90 Å². The van der Waals surface area contributed by atoms with Crippen LogP contribution in [-0.4, -0.2) is 34.6 Å². The largest absolute Gasteiger partial charge is 0.343 e. The Morgan fingerprint density at radius 3 is 2.65 bits per heavy atom. The second-order valence-corrected chi connectivity index (χ2v) is 5.52. The quantitative estimate of drug-likeness (QED) is 0.630. The molecular formula is C13H15N3O3S. The minimum Gasteiger partial charge on any atom is -0.275 e. The molecule has 0 aromatic heterocycles. The number of nitrogens with one attached hydrogen (secondary N) is 2. The van der Waals surface area contributed by atoms with Crippen LogP contribution in [0.4, 0.5) is 4.79 Å². The lowest BCUT2D eigenvalue weighted by atomic mass is 10.3. The zero-order valence-electron chi connectivity index (χ0n) is 11.0. The Kier molecular flexibility index (Phi) is 4.62. The van der Waals surface area contributed by atoms with Crippen molar-refractivity contribution in [1.82, 2.24) is 15.8 Å². The molecular weight excluding hydrogens is 278 g/mol. The van der Waals surface area contributed by atoms with Crippen LogP contribution >= 0.6 is 11.8 Å². The summed E-state index contributed by atoms with van der Waals surface area (Å²) in [7, 11) is 0. The van der Waals surface area contributed by atoms with E-state index in [1.807, 2.05) is 37.3 Å². The third-order valence-corrected chi connectivity index (χ3v) is 4.10. The highest BCUT2D eigenvalue weighted by molar-refractivity contribution is 8.00. The van der Waals surface area contributed by atoms with Gasteiger partial charge in [-0.05, 0) is 18.6 Å². The van der Waals surface area contributed by atoms with Crippen LogP contribution in [0.25, 0.3) is 0 Å². The molecule has 0 aliphatic carbocycles. The molecule has 1 unspecified atom stereocenters. The number of hydrogen-bond acceptors (Lipinski definition) is 4. The summed E-state index contributed by atoms with van der Waals surface area (Å²) < 4.78 is 0. The maximum absolute atomic E-state index is 12.1. The van der Waals surface area contributed by atoms with Crippen molar-refractivity contribution < 1.29 is 14.4 Å². The highest BCUT2D eigenvalue weighted by atomic mass is 32.2. The molecule has 0 spiro atoms. The molecule has 1 atom stereocenters. The van der Waals surface area contributed by atoms with Crippen molar-refractivity contribution in [2.75, 3.05) is 6.54 Å². The van der Waals surface area contributed by atoms with Gasteiger partial charge < -0.3 is 0 Å². The molecule has 20 heavy (non-hydrogen) atoms. The van der Waals surface area contributed by atoms with Gasteiger partial charge in [-0.3, -0.25) is 20.3 Å². The van der Waals surface area contributed by atoms with Gasteiger partial charge in [0, 0.05) is 4.90 Å². The molecule has 1 fully saturated rings. The average Bonchev–Trinajstić information content (AvgIpc) is 2.75. The summed E-state index contributed by atoms with van der Waals surface area (Å²) in [6.07, 6.45) is 0.620. The van der Waals surface area contributed by atoms with Gasteiger partial charge in [0.1, 0.15) is 6.54 Å². The predicted octanol–water partition coefficient (Wildman–Crippen LogP) is 1.14. The summed E-state index contributed by atoms with van der Waals surface area (Å²) >= 11 is 1.43. The number of carbonyl (C=O) groups is 3. The molecule has 0 saturated carbocycles. The first-order valence-corrected chi connectivity index (χ1v) is 7.11. The number of benzene rings is 1. The molecule has 1 aliphatic rings. The Hall–Kier alpha value is -2.02. The van der Waals surface area contributed by atoms with Crippen LogP contribution in [0.1, 0.15) is 13.3 Å². The normalized spacial score (nSPS) is 15.9. The SMILES string of the molecule is CCC(Sc1ccccc1)C(=O)NN1CC(=O)NC1=O. The standard InChI is InChI=1S/C13H15N3O3S/c1-2-10(20-9-6-4-3-5-7-9)12(18)15-16-8-11(17)14-13(16)19/h3-7,10H,2,8H2,1H3,(H,15,18)(H,14,17,19). The van der Waals surface area contributed by atoms with E-state index in [9.17, 15) is 14.4 Å². The first-order chi connectivity index (χ1) is 9.60. The highest BCUT2D eigenvalue weighted by Crippen LogP contribution is 2.25. The Bertz CT molecular complexity index is 521. The smallest absolute Gasteiger partial charge is 0.275 e. The van der Waals surface area contributed by atoms with Gasteiger partial charge in [0.15, 0.2) is 0 Å². The number of amides is 4. The van der Waals surface area contributed by atoms with E-state index in [-0.39, 0.29) is 17.7 Å². The zero-order valence-corrected chi connectivity index (χ0v) is 11.8. The Morgan fingerprint density at radius 1 is 1.40 bits per heavy atom. The van der Waals surface area contributed by atoms with E-state index in [2.05, 4.69) is 10.7 Å². The highest BCUT2D eigenvalue weighted by Gasteiger charge is 2.30. The van der Waals surface area contributed by atoms with Crippen LogP contribution < -0.4 is 10.7 Å². The summed E-state index contributed by atoms with van der Waals surface area (Å²) in [4.78, 5) is 35.5. The Morgan fingerprint density at radius 2 is 2.10 bits per heavy atom. The number of imide groups is 1. The van der Waals surface area contributed by atoms with E-state index in [1.165, 1.54) is 11.8 Å². The number of hydrazine groups is 1. The van der Waals surface area contributed by atoms with E-state index < -0.39 is 11.9 Å². The maximum Gasteiger partial charge on any atom is 0.343 e. The Labute approximate surface area is 120 Å². The number of urea groups is 1. The van der Waals surface area contributed by atoms with Crippen molar-refractivity contribution in [2.45, 2.75) is 23.5 Å². The molecule has 7 heteroatoms. The predicted molar refractivity (Wildman–Crippen MR) is 74.8 cm³/mol. The van der Waals surface area contributed by atoms with E-state index in [1.54, 1.807) is 0 Å². The Balaban J connectivity index is 1.95. The summed E-state index contributed by atoms with van der Waals surface area (Å²) in [5.74, 6) is -0.703. The van der Waals surface area contributed by atoms with Crippen molar-refractivity contribution in [3.05, 3.63) is 30.3 Å². The van der Waals surface area contributed by atoms with Crippen LogP contribution in [0.2, 0.25) is 0 Å². The summed E-state index contributed by atoms with van der Waals surface area (Å²) in [6.45, 7) is 1.76. The van der Waals surface area contributed by atoms with Crippen molar-refractivity contribution in [3.8, 4) is 0 Å². The van der Waals surface area contributed by atoms with Gasteiger partial charge in [0.25, 0.3) is 5.91 Å². The van der Waals surface area contributed by atoms with Crippen LogP contribution in [0.15, 0.2) is 35.2 Å². The first-order valence-electron chi connectivity index (χ1n) is 6.23. The number of carbonyl (C=O) groups excluding carboxylic acids is 3. The molecule has 106 valence electrons. The van der Waals surface area contributed by atoms with Gasteiger partial charge in [-0.25, -0.2) is 9.80 Å². The average molecular weight is 293 g/mol. The van der Waals surface area contributed by atoms with E-state index in [4.69, 9.17) is 0 Å². The fourth-order valence-electron chi connectivity index (χ4n) is 1.72. The lowest BCUT2D eigenvalue weighted by Gasteiger charge is -2.19. The molecule has 0 bridgehead atoms. The molecule has 6 nitrogen and oxygen atoms in total. The zero-order chi connectivity index (χ0) is 14.5. The summed E-state index contributed by atoms with van der Waals surface area (Å²) in [6, 6.07) is 8.96. The third-order valence-electron chi connectivity index (χ3n) is 2.72. The molecule has 1 saturated heterocycles. The van der Waals surface area contributed by atoms with Gasteiger partial charge in [-0.1, -0.05) is 25.1 Å². The van der Waals surface area contributed by atoms with Crippen molar-refractivity contribution >= 4 is 29.6 Å². The number of rotatable bonds is 5. The van der Waals surface area contributed by atoms with Gasteiger partial charge in [0.05, 0.1) is 5.25 Å². The van der Waals surface area contributed by atoms with Crippen molar-refractivity contribution in [1.29, 1.82) is 0 Å². The second kappa shape index (κ2) is 6.42. The van der Waals surface area contributed by atoms with Crippen LogP contribution in [0, 0.1) is 0 Å². The van der Waals surface area contributed by atoms with Crippen molar-refractivity contribution in [2.24, 2.45) is 0 Å². The molecule has 2 rings (SSSR count). The molecule has 1 aliphatic heterocycles. The van der Waals surface area contributed by atoms with Gasteiger partial charge in [0.2, 0.25) is 5.91 Å². The molecule has 4 amide bonds. The molecule has 2 N–H and O–H groups in total. The van der Waals surface area contributed by atoms with Crippen LogP contribution in [0.5, 0.6) is 0 Å². The maximum atomic E-state index is 12.1. The summed E-state index contributed by atoms with van der Waals surface area (Å²) in [5.41, 5.74) is 2.47.